The van der Waals surface area contributed by atoms with Crippen LogP contribution in [0.2, 0.25) is 0 Å². The number of carbonyl (C=O) groups is 1. The maximum atomic E-state index is 12.1. The summed E-state index contributed by atoms with van der Waals surface area (Å²) in [5, 5.41) is 5.40. The molecule has 1 saturated heterocycles. The van der Waals surface area contributed by atoms with E-state index in [4.69, 9.17) is 39.5 Å². The molecule has 1 atom stereocenters. The predicted molar refractivity (Wildman–Crippen MR) is 85.1 cm³/mol. The molecule has 1 aromatic carbocycles. The summed E-state index contributed by atoms with van der Waals surface area (Å²) < 4.78 is 3.63. The molecule has 2 rings (SSSR count). The third-order valence-electron chi connectivity index (χ3n) is 3.02. The maximum absolute atomic E-state index is 12.1. The molecule has 0 saturated carbocycles. The minimum absolute atomic E-state index is 0.427. The first-order valence-corrected chi connectivity index (χ1v) is 7.61. The van der Waals surface area contributed by atoms with Crippen LogP contribution in [0.1, 0.15) is 0 Å². The second-order valence-electron chi connectivity index (χ2n) is 4.56. The minimum atomic E-state index is -1.63. The molecular weight excluding hydrogens is 337 g/mol. The lowest BCUT2D eigenvalue weighted by atomic mass is 10.3. The first-order valence-electron chi connectivity index (χ1n) is 6.48. The van der Waals surface area contributed by atoms with E-state index < -0.39 is 16.0 Å². The fourth-order valence-electron chi connectivity index (χ4n) is 2.03. The first-order chi connectivity index (χ1) is 9.97. The van der Waals surface area contributed by atoms with Gasteiger partial charge in [0, 0.05) is 18.8 Å². The highest BCUT2D eigenvalue weighted by Crippen LogP contribution is 2.32. The number of morpholine rings is 1. The normalized spacial score (nSPS) is 18.0. The molecular formula is C13H16Cl3N3O2. The SMILES string of the molecule is O=C(Nc1ccccc1)N[C@H](N1CCOCC1)C(Cl)(Cl)Cl. The summed E-state index contributed by atoms with van der Waals surface area (Å²) in [4.78, 5) is 13.9. The Labute approximate surface area is 138 Å². The van der Waals surface area contributed by atoms with E-state index in [9.17, 15) is 4.79 Å². The van der Waals surface area contributed by atoms with Crippen LogP contribution in [0.3, 0.4) is 0 Å². The van der Waals surface area contributed by atoms with E-state index in [1.54, 1.807) is 12.1 Å². The summed E-state index contributed by atoms with van der Waals surface area (Å²) >= 11 is 18.0. The van der Waals surface area contributed by atoms with Crippen molar-refractivity contribution in [3.8, 4) is 0 Å². The monoisotopic (exact) mass is 351 g/mol. The van der Waals surface area contributed by atoms with Crippen molar-refractivity contribution in [1.29, 1.82) is 0 Å². The number of alkyl halides is 3. The molecule has 116 valence electrons. The number of para-hydroxylation sites is 1. The van der Waals surface area contributed by atoms with Crippen molar-refractivity contribution in [1.82, 2.24) is 10.2 Å². The number of benzene rings is 1. The number of hydrogen-bond donors (Lipinski definition) is 2. The van der Waals surface area contributed by atoms with Gasteiger partial charge in [0.05, 0.1) is 13.2 Å². The highest BCUT2D eigenvalue weighted by molar-refractivity contribution is 6.68. The largest absolute Gasteiger partial charge is 0.379 e. The smallest absolute Gasteiger partial charge is 0.320 e. The van der Waals surface area contributed by atoms with Crippen LogP contribution in [-0.2, 0) is 4.74 Å². The van der Waals surface area contributed by atoms with E-state index in [1.165, 1.54) is 0 Å². The highest BCUT2D eigenvalue weighted by Gasteiger charge is 2.39. The highest BCUT2D eigenvalue weighted by atomic mass is 35.6. The van der Waals surface area contributed by atoms with Crippen LogP contribution in [0.5, 0.6) is 0 Å². The number of carbonyl (C=O) groups excluding carboxylic acids is 1. The summed E-state index contributed by atoms with van der Waals surface area (Å²) in [5.41, 5.74) is 0.667. The summed E-state index contributed by atoms with van der Waals surface area (Å²) in [6.45, 7) is 2.26. The average molecular weight is 353 g/mol. The quantitative estimate of drug-likeness (QED) is 0.823. The number of hydrogen-bond acceptors (Lipinski definition) is 3. The third-order valence-corrected chi connectivity index (χ3v) is 3.64. The number of ether oxygens (including phenoxy) is 1. The van der Waals surface area contributed by atoms with Gasteiger partial charge in [-0.2, -0.15) is 0 Å². The van der Waals surface area contributed by atoms with Gasteiger partial charge in [-0.15, -0.1) is 0 Å². The molecule has 2 amide bonds. The Hall–Kier alpha value is -0.720. The number of rotatable bonds is 3. The third kappa shape index (κ3) is 5.20. The Morgan fingerprint density at radius 1 is 1.19 bits per heavy atom. The van der Waals surface area contributed by atoms with Crippen LogP contribution in [0.4, 0.5) is 10.5 Å². The maximum Gasteiger partial charge on any atom is 0.320 e. The van der Waals surface area contributed by atoms with Crippen molar-refractivity contribution in [2.75, 3.05) is 31.6 Å². The van der Waals surface area contributed by atoms with E-state index in [0.717, 1.165) is 0 Å². The van der Waals surface area contributed by atoms with E-state index in [-0.39, 0.29) is 0 Å². The van der Waals surface area contributed by atoms with E-state index in [1.807, 2.05) is 23.1 Å². The van der Waals surface area contributed by atoms with Crippen LogP contribution < -0.4 is 10.6 Å². The molecule has 21 heavy (non-hydrogen) atoms. The Bertz CT molecular complexity index is 461. The van der Waals surface area contributed by atoms with Crippen LogP contribution >= 0.6 is 34.8 Å². The molecule has 1 fully saturated rings. The van der Waals surface area contributed by atoms with Gasteiger partial charge in [-0.3, -0.25) is 4.90 Å². The molecule has 0 bridgehead atoms. The molecule has 1 aliphatic heterocycles. The van der Waals surface area contributed by atoms with Crippen LogP contribution in [-0.4, -0.2) is 47.2 Å². The molecule has 1 heterocycles. The summed E-state index contributed by atoms with van der Waals surface area (Å²) in [7, 11) is 0. The van der Waals surface area contributed by atoms with Gasteiger partial charge in [0.15, 0.2) is 0 Å². The molecule has 0 spiro atoms. The zero-order valence-electron chi connectivity index (χ0n) is 11.2. The second kappa shape index (κ2) is 7.51. The fourth-order valence-corrected chi connectivity index (χ4v) is 2.61. The second-order valence-corrected chi connectivity index (χ2v) is 6.93. The van der Waals surface area contributed by atoms with Crippen molar-refractivity contribution < 1.29 is 9.53 Å². The Balaban J connectivity index is 1.99. The number of halogens is 3. The number of nitrogens with one attached hydrogen (secondary N) is 2. The van der Waals surface area contributed by atoms with Crippen molar-refractivity contribution in [2.24, 2.45) is 0 Å². The Kier molecular flexibility index (Phi) is 5.96. The Morgan fingerprint density at radius 2 is 1.81 bits per heavy atom. The number of urea groups is 1. The predicted octanol–water partition coefficient (Wildman–Crippen LogP) is 2.84. The lowest BCUT2D eigenvalue weighted by molar-refractivity contribution is 0.0127. The average Bonchev–Trinajstić information content (AvgIpc) is 2.45. The number of nitrogens with zero attached hydrogens (tertiary/aromatic N) is 1. The Morgan fingerprint density at radius 3 is 2.38 bits per heavy atom. The van der Waals surface area contributed by atoms with E-state index >= 15 is 0 Å². The van der Waals surface area contributed by atoms with Crippen molar-refractivity contribution >= 4 is 46.5 Å². The molecule has 0 aliphatic carbocycles. The lowest BCUT2D eigenvalue weighted by Crippen LogP contribution is -2.59. The zero-order valence-corrected chi connectivity index (χ0v) is 13.5. The molecule has 0 radical (unpaired) electrons. The van der Waals surface area contributed by atoms with Gasteiger partial charge in [-0.1, -0.05) is 53.0 Å². The van der Waals surface area contributed by atoms with E-state index in [2.05, 4.69) is 10.6 Å². The molecule has 2 N–H and O–H groups in total. The molecule has 1 aliphatic rings. The molecule has 8 heteroatoms. The molecule has 5 nitrogen and oxygen atoms in total. The van der Waals surface area contributed by atoms with Gasteiger partial charge in [-0.05, 0) is 12.1 Å². The summed E-state index contributed by atoms with van der Waals surface area (Å²) in [6.07, 6.45) is -0.727. The van der Waals surface area contributed by atoms with Crippen molar-refractivity contribution in [2.45, 2.75) is 9.96 Å². The molecule has 1 aromatic rings. The van der Waals surface area contributed by atoms with Gasteiger partial charge in [0.25, 0.3) is 0 Å². The standard InChI is InChI=1S/C13H16Cl3N3O2/c14-13(15,16)11(19-6-8-21-9-7-19)18-12(20)17-10-4-2-1-3-5-10/h1-5,11H,6-9H2,(H2,17,18,20)/t11-/m1/s1. The summed E-state index contributed by atoms with van der Waals surface area (Å²) in [5.74, 6) is 0. The van der Waals surface area contributed by atoms with E-state index in [0.29, 0.717) is 32.0 Å². The topological polar surface area (TPSA) is 53.6 Å². The molecule has 0 unspecified atom stereocenters. The minimum Gasteiger partial charge on any atom is -0.379 e. The van der Waals surface area contributed by atoms with Crippen LogP contribution in [0, 0.1) is 0 Å². The van der Waals surface area contributed by atoms with Crippen LogP contribution in [0.15, 0.2) is 30.3 Å². The fraction of sp³-hybridized carbons (Fsp3) is 0.462. The van der Waals surface area contributed by atoms with Gasteiger partial charge in [0.1, 0.15) is 6.17 Å². The number of amides is 2. The van der Waals surface area contributed by atoms with Crippen molar-refractivity contribution in [3.63, 3.8) is 0 Å². The lowest BCUT2D eigenvalue weighted by Gasteiger charge is -2.38. The van der Waals surface area contributed by atoms with Gasteiger partial charge < -0.3 is 15.4 Å². The number of anilines is 1. The first kappa shape index (κ1) is 16.6. The van der Waals surface area contributed by atoms with Gasteiger partial charge >= 0.3 is 6.03 Å². The zero-order chi connectivity index (χ0) is 15.3. The van der Waals surface area contributed by atoms with Gasteiger partial charge in [0.2, 0.25) is 3.79 Å². The molecule has 0 aromatic heterocycles. The van der Waals surface area contributed by atoms with Gasteiger partial charge in [-0.25, -0.2) is 4.79 Å². The van der Waals surface area contributed by atoms with Crippen molar-refractivity contribution in [3.05, 3.63) is 30.3 Å². The van der Waals surface area contributed by atoms with Crippen LogP contribution in [0.25, 0.3) is 0 Å². The summed E-state index contributed by atoms with van der Waals surface area (Å²) in [6, 6.07) is 8.63.